The molecule has 4 aliphatic rings. The van der Waals surface area contributed by atoms with E-state index < -0.39 is 5.97 Å². The van der Waals surface area contributed by atoms with Gasteiger partial charge in [0.25, 0.3) is 0 Å². The summed E-state index contributed by atoms with van der Waals surface area (Å²) in [5.74, 6) is 1.67. The first kappa shape index (κ1) is 16.3. The SMILES string of the molecule is O=C(O)c1sc2ccccc2c1OCC(=O)C12CC3CC(CC(C3)C1)C2. The van der Waals surface area contributed by atoms with E-state index >= 15 is 0 Å². The van der Waals surface area contributed by atoms with Crippen molar-refractivity contribution in [3.8, 4) is 5.75 Å². The van der Waals surface area contributed by atoms with E-state index in [4.69, 9.17) is 4.74 Å². The molecule has 0 saturated heterocycles. The number of thiophene rings is 1. The Labute approximate surface area is 156 Å². The van der Waals surface area contributed by atoms with Crippen molar-refractivity contribution in [2.75, 3.05) is 6.61 Å². The second-order valence-electron chi connectivity index (χ2n) is 8.47. The van der Waals surface area contributed by atoms with Gasteiger partial charge in [-0.2, -0.15) is 0 Å². The summed E-state index contributed by atoms with van der Waals surface area (Å²) < 4.78 is 6.76. The molecule has 0 amide bonds. The van der Waals surface area contributed by atoms with Crippen LogP contribution in [0, 0.1) is 23.2 Å². The number of carbonyl (C=O) groups excluding carboxylic acids is 1. The summed E-state index contributed by atoms with van der Waals surface area (Å²) in [4.78, 5) is 24.9. The van der Waals surface area contributed by atoms with Gasteiger partial charge in [0.05, 0.1) is 0 Å². The van der Waals surface area contributed by atoms with Crippen LogP contribution in [0.5, 0.6) is 5.75 Å². The number of ketones is 1. The number of carboxylic acids is 1. The maximum absolute atomic E-state index is 13.1. The summed E-state index contributed by atoms with van der Waals surface area (Å²) in [5.41, 5.74) is -0.204. The Morgan fingerprint density at radius 1 is 1.08 bits per heavy atom. The van der Waals surface area contributed by atoms with Crippen molar-refractivity contribution in [2.45, 2.75) is 38.5 Å². The van der Waals surface area contributed by atoms with Crippen molar-refractivity contribution < 1.29 is 19.4 Å². The van der Waals surface area contributed by atoms with Gasteiger partial charge in [0, 0.05) is 15.5 Å². The van der Waals surface area contributed by atoms with Crippen LogP contribution >= 0.6 is 11.3 Å². The molecule has 1 aromatic carbocycles. The van der Waals surface area contributed by atoms with E-state index in [0.29, 0.717) is 23.5 Å². The highest BCUT2D eigenvalue weighted by Gasteiger charge is 2.54. The molecule has 136 valence electrons. The minimum atomic E-state index is -0.997. The molecule has 0 aliphatic heterocycles. The van der Waals surface area contributed by atoms with Gasteiger partial charge in [-0.3, -0.25) is 4.79 Å². The molecule has 1 aromatic heterocycles. The number of hydrogen-bond acceptors (Lipinski definition) is 4. The zero-order valence-electron chi connectivity index (χ0n) is 14.6. The van der Waals surface area contributed by atoms with Crippen LogP contribution in [0.1, 0.15) is 48.2 Å². The van der Waals surface area contributed by atoms with Crippen LogP contribution in [0.3, 0.4) is 0 Å². The van der Waals surface area contributed by atoms with E-state index in [1.54, 1.807) is 0 Å². The van der Waals surface area contributed by atoms with Crippen LogP contribution in [0.4, 0.5) is 0 Å². The minimum Gasteiger partial charge on any atom is -0.483 e. The molecule has 1 heterocycles. The standard InChI is InChI=1S/C21H22O4S/c22-17(21-8-12-5-13(9-21)7-14(6-12)10-21)11-25-18-15-3-1-2-4-16(15)26-19(18)20(23)24/h1-4,12-14H,5-11H2,(H,23,24). The molecule has 0 spiro atoms. The molecule has 4 nitrogen and oxygen atoms in total. The van der Waals surface area contributed by atoms with Gasteiger partial charge in [0.1, 0.15) is 6.61 Å². The highest BCUT2D eigenvalue weighted by molar-refractivity contribution is 7.21. The summed E-state index contributed by atoms with van der Waals surface area (Å²) in [7, 11) is 0. The lowest BCUT2D eigenvalue weighted by Gasteiger charge is -2.55. The predicted molar refractivity (Wildman–Crippen MR) is 99.9 cm³/mol. The number of ether oxygens (including phenoxy) is 1. The third kappa shape index (κ3) is 2.48. The summed E-state index contributed by atoms with van der Waals surface area (Å²) in [6.07, 6.45) is 6.93. The summed E-state index contributed by atoms with van der Waals surface area (Å²) in [6.45, 7) is -0.00678. The third-order valence-corrected chi connectivity index (χ3v) is 7.86. The highest BCUT2D eigenvalue weighted by Crippen LogP contribution is 2.60. The van der Waals surface area contributed by atoms with Crippen molar-refractivity contribution in [1.29, 1.82) is 0 Å². The summed E-state index contributed by atoms with van der Waals surface area (Å²) in [6, 6.07) is 7.51. The van der Waals surface area contributed by atoms with Crippen molar-refractivity contribution in [2.24, 2.45) is 23.2 Å². The zero-order chi connectivity index (χ0) is 17.9. The first-order valence-corrected chi connectivity index (χ1v) is 10.3. The number of rotatable bonds is 5. The van der Waals surface area contributed by atoms with E-state index in [0.717, 1.165) is 29.3 Å². The molecular weight excluding hydrogens is 348 g/mol. The van der Waals surface area contributed by atoms with Crippen LogP contribution in [0.15, 0.2) is 24.3 Å². The first-order chi connectivity index (χ1) is 12.5. The Balaban J connectivity index is 1.40. The highest BCUT2D eigenvalue weighted by atomic mass is 32.1. The lowest BCUT2D eigenvalue weighted by Crippen LogP contribution is -2.51. The van der Waals surface area contributed by atoms with Gasteiger partial charge in [-0.1, -0.05) is 12.1 Å². The van der Waals surface area contributed by atoms with Gasteiger partial charge in [-0.15, -0.1) is 11.3 Å². The Kier molecular flexibility index (Phi) is 3.64. The van der Waals surface area contributed by atoms with E-state index in [9.17, 15) is 14.7 Å². The van der Waals surface area contributed by atoms with E-state index in [1.807, 2.05) is 24.3 Å². The van der Waals surface area contributed by atoms with Crippen LogP contribution < -0.4 is 4.74 Å². The normalized spacial score (nSPS) is 32.1. The fraction of sp³-hybridized carbons (Fsp3) is 0.524. The topological polar surface area (TPSA) is 63.6 Å². The average molecular weight is 370 g/mol. The number of fused-ring (bicyclic) bond motifs is 1. The maximum atomic E-state index is 13.1. The van der Waals surface area contributed by atoms with E-state index in [2.05, 4.69) is 0 Å². The molecule has 2 aromatic rings. The average Bonchev–Trinajstić information content (AvgIpc) is 2.97. The molecule has 4 fully saturated rings. The fourth-order valence-electron chi connectivity index (χ4n) is 6.05. The maximum Gasteiger partial charge on any atom is 0.349 e. The van der Waals surface area contributed by atoms with E-state index in [-0.39, 0.29) is 22.7 Å². The summed E-state index contributed by atoms with van der Waals surface area (Å²) >= 11 is 1.21. The molecule has 0 unspecified atom stereocenters. The number of benzene rings is 1. The Hall–Kier alpha value is -1.88. The molecule has 26 heavy (non-hydrogen) atoms. The minimum absolute atomic E-state index is 0.00678. The molecule has 4 saturated carbocycles. The molecule has 4 aliphatic carbocycles. The number of aromatic carboxylic acids is 1. The van der Waals surface area contributed by atoms with E-state index in [1.165, 1.54) is 30.6 Å². The number of carboxylic acid groups (broad SMARTS) is 1. The molecule has 5 heteroatoms. The van der Waals surface area contributed by atoms with Gasteiger partial charge in [-0.25, -0.2) is 4.79 Å². The van der Waals surface area contributed by atoms with Crippen molar-refractivity contribution in [3.63, 3.8) is 0 Å². The van der Waals surface area contributed by atoms with Crippen LogP contribution in [-0.4, -0.2) is 23.5 Å². The second-order valence-corrected chi connectivity index (χ2v) is 9.52. The molecule has 0 radical (unpaired) electrons. The molecule has 4 bridgehead atoms. The molecular formula is C21H22O4S. The number of carbonyl (C=O) groups is 2. The third-order valence-electron chi connectivity index (χ3n) is 6.72. The van der Waals surface area contributed by atoms with Crippen LogP contribution in [-0.2, 0) is 4.79 Å². The van der Waals surface area contributed by atoms with Crippen LogP contribution in [0.25, 0.3) is 10.1 Å². The Bertz CT molecular complexity index is 861. The largest absolute Gasteiger partial charge is 0.483 e. The van der Waals surface area contributed by atoms with Gasteiger partial charge in [0.15, 0.2) is 16.4 Å². The fourth-order valence-corrected chi connectivity index (χ4v) is 7.03. The first-order valence-electron chi connectivity index (χ1n) is 9.45. The lowest BCUT2D eigenvalue weighted by atomic mass is 9.48. The van der Waals surface area contributed by atoms with Gasteiger partial charge >= 0.3 is 5.97 Å². The number of hydrogen-bond donors (Lipinski definition) is 1. The molecule has 0 atom stereocenters. The van der Waals surface area contributed by atoms with Gasteiger partial charge in [0.2, 0.25) is 0 Å². The second kappa shape index (κ2) is 5.81. The van der Waals surface area contributed by atoms with Crippen LogP contribution in [0.2, 0.25) is 0 Å². The molecule has 1 N–H and O–H groups in total. The Morgan fingerprint density at radius 3 is 2.31 bits per heavy atom. The van der Waals surface area contributed by atoms with Crippen molar-refractivity contribution >= 4 is 33.2 Å². The van der Waals surface area contributed by atoms with Crippen molar-refractivity contribution in [1.82, 2.24) is 0 Å². The quantitative estimate of drug-likeness (QED) is 0.824. The molecule has 6 rings (SSSR count). The lowest BCUT2D eigenvalue weighted by molar-refractivity contribution is -0.145. The van der Waals surface area contributed by atoms with Gasteiger partial charge in [-0.05, 0) is 68.4 Å². The zero-order valence-corrected chi connectivity index (χ0v) is 15.4. The summed E-state index contributed by atoms with van der Waals surface area (Å²) in [5, 5.41) is 10.3. The predicted octanol–water partition coefficient (Wildman–Crippen LogP) is 4.76. The van der Waals surface area contributed by atoms with Crippen molar-refractivity contribution in [3.05, 3.63) is 29.1 Å². The number of Topliss-reactive ketones (excluding diaryl/α,β-unsaturated/α-hetero) is 1. The Morgan fingerprint density at radius 2 is 1.69 bits per heavy atom. The van der Waals surface area contributed by atoms with Gasteiger partial charge < -0.3 is 9.84 Å². The smallest absolute Gasteiger partial charge is 0.349 e. The monoisotopic (exact) mass is 370 g/mol.